The number of halogens is 1. The molecule has 0 unspecified atom stereocenters. The summed E-state index contributed by atoms with van der Waals surface area (Å²) in [6.07, 6.45) is 0. The van der Waals surface area contributed by atoms with Gasteiger partial charge in [0.1, 0.15) is 14.7 Å². The van der Waals surface area contributed by atoms with Gasteiger partial charge in [-0.05, 0) is 48.0 Å². The van der Waals surface area contributed by atoms with Gasteiger partial charge in [0, 0.05) is 16.8 Å². The fourth-order valence-corrected chi connectivity index (χ4v) is 7.30. The summed E-state index contributed by atoms with van der Waals surface area (Å²) in [6, 6.07) is 14.8. The molecule has 0 saturated heterocycles. The highest BCUT2D eigenvalue weighted by Gasteiger charge is 2.37. The van der Waals surface area contributed by atoms with Gasteiger partial charge in [-0.1, -0.05) is 36.4 Å². The average molecular weight is 774 g/mol. The number of ketones is 2. The zero-order chi connectivity index (χ0) is 37.0. The largest absolute Gasteiger partial charge is 0.397 e. The quantitative estimate of drug-likeness (QED) is 0.0810. The predicted octanol–water partition coefficient (Wildman–Crippen LogP) is 3.85. The summed E-state index contributed by atoms with van der Waals surface area (Å²) in [5, 5.41) is 7.39. The molecule has 0 bridgehead atoms. The summed E-state index contributed by atoms with van der Waals surface area (Å²) in [7, 11) is -14.9. The van der Waals surface area contributed by atoms with Crippen LogP contribution in [-0.2, 0) is 30.4 Å². The van der Waals surface area contributed by atoms with Crippen LogP contribution in [-0.4, -0.2) is 65.4 Å². The summed E-state index contributed by atoms with van der Waals surface area (Å²) in [4.78, 5) is 36.6. The third-order valence-corrected chi connectivity index (χ3v) is 10.2. The molecule has 51 heavy (non-hydrogen) atoms. The Labute approximate surface area is 293 Å². The third kappa shape index (κ3) is 6.94. The van der Waals surface area contributed by atoms with Gasteiger partial charge in [-0.25, -0.2) is 0 Å². The second-order valence-electron chi connectivity index (χ2n) is 10.5. The van der Waals surface area contributed by atoms with E-state index in [0.29, 0.717) is 0 Å². The van der Waals surface area contributed by atoms with Crippen molar-refractivity contribution in [2.24, 2.45) is 0 Å². The average Bonchev–Trinajstić information content (AvgIpc) is 3.03. The summed E-state index contributed by atoms with van der Waals surface area (Å²) in [5.74, 6) is -2.23. The number of rotatable bonds is 9. The van der Waals surface area contributed by atoms with Crippen LogP contribution >= 0.6 is 11.6 Å². The van der Waals surface area contributed by atoms with Crippen LogP contribution in [0.5, 0.6) is 0 Å². The Bertz CT molecular complexity index is 2670. The maximum absolute atomic E-state index is 13.6. The lowest BCUT2D eigenvalue weighted by Gasteiger charge is -2.24. The van der Waals surface area contributed by atoms with Gasteiger partial charge in [0.25, 0.3) is 30.4 Å². The number of hydrogen-bond acceptors (Lipinski definition) is 15. The van der Waals surface area contributed by atoms with Gasteiger partial charge in [0.15, 0.2) is 11.6 Å². The molecule has 6 rings (SSSR count). The van der Waals surface area contributed by atoms with Crippen LogP contribution in [0.25, 0.3) is 0 Å². The first-order valence-electron chi connectivity index (χ1n) is 13.9. The molecule has 22 heteroatoms. The van der Waals surface area contributed by atoms with E-state index in [2.05, 4.69) is 30.9 Å². The van der Waals surface area contributed by atoms with Gasteiger partial charge in [-0.2, -0.15) is 40.2 Å². The van der Waals surface area contributed by atoms with E-state index in [1.165, 1.54) is 48.5 Å². The fraction of sp³-hybridized carbons (Fsp3) is 0. The zero-order valence-corrected chi connectivity index (χ0v) is 28.3. The first-order valence-corrected chi connectivity index (χ1v) is 18.6. The number of nitrogens with two attached hydrogens (primary N) is 1. The molecule has 5 aromatic rings. The molecule has 1 aromatic heterocycles. The summed E-state index contributed by atoms with van der Waals surface area (Å²) < 4.78 is 103. The van der Waals surface area contributed by atoms with Gasteiger partial charge < -0.3 is 21.7 Å². The SMILES string of the molecule is Nc1c(S(=O)(=O)O)cc(Nc2ccc(Nc3nc(Cl)nc(Nc4ccccc4S(=O)(=O)O)n3)cc2S(=O)(=O)O)c2c1C(=O)c1ccccc1C2=O. The topological polar surface area (TPSA) is 298 Å². The standard InChI is InChI=1S/C29H20ClN7O11S3/c30-27-35-28(37-29(36-27)34-16-7-3-4-8-19(16)49(40,41)42)32-13-9-10-17(20(11-13)50(43,44)45)33-18-12-21(51(46,47)48)24(31)23-22(18)25(38)14-5-1-2-6-15(14)26(23)39/h1-12,33H,31H2,(H,40,41,42)(H,43,44,45)(H,46,47,48)(H2,32,34,35,36,37). The summed E-state index contributed by atoms with van der Waals surface area (Å²) >= 11 is 6.02. The summed E-state index contributed by atoms with van der Waals surface area (Å²) in [5.41, 5.74) is 3.07. The minimum atomic E-state index is -5.10. The van der Waals surface area contributed by atoms with Crippen LogP contribution in [0.1, 0.15) is 31.8 Å². The maximum Gasteiger partial charge on any atom is 0.296 e. The molecule has 0 fully saturated rings. The molecule has 0 atom stereocenters. The number of para-hydroxylation sites is 1. The van der Waals surface area contributed by atoms with Crippen LogP contribution in [0.3, 0.4) is 0 Å². The number of nitrogen functional groups attached to an aromatic ring is 1. The second-order valence-corrected chi connectivity index (χ2v) is 15.1. The van der Waals surface area contributed by atoms with E-state index >= 15 is 0 Å². The van der Waals surface area contributed by atoms with Crippen molar-refractivity contribution in [1.29, 1.82) is 0 Å². The molecule has 1 aliphatic carbocycles. The molecule has 262 valence electrons. The smallest absolute Gasteiger partial charge is 0.296 e. The third-order valence-electron chi connectivity index (χ3n) is 7.28. The van der Waals surface area contributed by atoms with E-state index in [1.54, 1.807) is 0 Å². The fourth-order valence-electron chi connectivity index (χ4n) is 5.17. The van der Waals surface area contributed by atoms with E-state index in [0.717, 1.165) is 24.3 Å². The molecule has 0 aliphatic heterocycles. The van der Waals surface area contributed by atoms with Crippen LogP contribution in [0.2, 0.25) is 5.28 Å². The van der Waals surface area contributed by atoms with Gasteiger partial charge in [0.2, 0.25) is 17.2 Å². The van der Waals surface area contributed by atoms with Crippen molar-refractivity contribution in [2.75, 3.05) is 21.7 Å². The summed E-state index contributed by atoms with van der Waals surface area (Å²) in [6.45, 7) is 0. The van der Waals surface area contributed by atoms with Crippen molar-refractivity contribution in [1.82, 2.24) is 15.0 Å². The molecule has 4 aromatic carbocycles. The number of carbonyl (C=O) groups is 2. The predicted molar refractivity (Wildman–Crippen MR) is 181 cm³/mol. The van der Waals surface area contributed by atoms with Gasteiger partial charge >= 0.3 is 0 Å². The van der Waals surface area contributed by atoms with E-state index in [1.807, 2.05) is 0 Å². The normalized spacial score (nSPS) is 12.9. The van der Waals surface area contributed by atoms with Crippen LogP contribution in [0.15, 0.2) is 87.5 Å². The molecule has 0 saturated carbocycles. The Hall–Kier alpha value is -5.55. The number of benzene rings is 4. The van der Waals surface area contributed by atoms with Crippen molar-refractivity contribution < 1.29 is 48.5 Å². The minimum absolute atomic E-state index is 0.0575. The molecule has 1 aliphatic rings. The molecule has 1 heterocycles. The van der Waals surface area contributed by atoms with Crippen molar-refractivity contribution in [3.63, 3.8) is 0 Å². The molecule has 0 radical (unpaired) electrons. The molecular weight excluding hydrogens is 754 g/mol. The lowest BCUT2D eigenvalue weighted by Crippen LogP contribution is -2.25. The Kier molecular flexibility index (Phi) is 8.75. The number of aromatic nitrogens is 3. The molecule has 18 nitrogen and oxygen atoms in total. The first kappa shape index (κ1) is 35.3. The molecule has 8 N–H and O–H groups in total. The van der Waals surface area contributed by atoms with Crippen LogP contribution < -0.4 is 21.7 Å². The Morgan fingerprint density at radius 1 is 0.569 bits per heavy atom. The highest BCUT2D eigenvalue weighted by atomic mass is 35.5. The monoisotopic (exact) mass is 773 g/mol. The number of nitrogens with one attached hydrogen (secondary N) is 3. The Balaban J connectivity index is 1.41. The van der Waals surface area contributed by atoms with E-state index < -0.39 is 90.1 Å². The lowest BCUT2D eigenvalue weighted by atomic mass is 9.82. The van der Waals surface area contributed by atoms with Gasteiger partial charge in [-0.15, -0.1) is 0 Å². The maximum atomic E-state index is 13.6. The van der Waals surface area contributed by atoms with Crippen molar-refractivity contribution in [2.45, 2.75) is 14.7 Å². The number of carbonyl (C=O) groups excluding carboxylic acids is 2. The lowest BCUT2D eigenvalue weighted by molar-refractivity contribution is 0.0980. The van der Waals surface area contributed by atoms with Gasteiger partial charge in [0.05, 0.1) is 33.9 Å². The van der Waals surface area contributed by atoms with E-state index in [9.17, 15) is 48.5 Å². The zero-order valence-electron chi connectivity index (χ0n) is 25.1. The van der Waals surface area contributed by atoms with Crippen LogP contribution in [0.4, 0.5) is 40.3 Å². The Morgan fingerprint density at radius 2 is 1.10 bits per heavy atom. The molecule has 0 spiro atoms. The highest BCUT2D eigenvalue weighted by Crippen LogP contribution is 2.41. The van der Waals surface area contributed by atoms with Gasteiger partial charge in [-0.3, -0.25) is 23.2 Å². The number of hydrogen-bond donors (Lipinski definition) is 7. The minimum Gasteiger partial charge on any atom is -0.397 e. The molecular formula is C29H20ClN7O11S3. The van der Waals surface area contributed by atoms with Crippen molar-refractivity contribution >= 4 is 93.9 Å². The Morgan fingerprint density at radius 3 is 1.71 bits per heavy atom. The van der Waals surface area contributed by atoms with Crippen molar-refractivity contribution in [3.8, 4) is 0 Å². The van der Waals surface area contributed by atoms with E-state index in [-0.39, 0.29) is 34.4 Å². The van der Waals surface area contributed by atoms with E-state index in [4.69, 9.17) is 17.3 Å². The first-order chi connectivity index (χ1) is 23.8. The number of fused-ring (bicyclic) bond motifs is 2. The molecule has 0 amide bonds. The van der Waals surface area contributed by atoms with Crippen molar-refractivity contribution in [3.05, 3.63) is 100 Å². The van der Waals surface area contributed by atoms with Crippen LogP contribution in [0, 0.1) is 0 Å². The number of nitrogens with zero attached hydrogens (tertiary/aromatic N) is 3. The number of anilines is 7. The highest BCUT2D eigenvalue weighted by molar-refractivity contribution is 7.86. The second kappa shape index (κ2) is 12.6.